The molecule has 1 aliphatic carbocycles. The predicted molar refractivity (Wildman–Crippen MR) is 98.6 cm³/mol. The van der Waals surface area contributed by atoms with E-state index in [1.165, 1.54) is 0 Å². The second kappa shape index (κ2) is 10.1. The van der Waals surface area contributed by atoms with Crippen LogP contribution in [0.2, 0.25) is 0 Å². The Kier molecular flexibility index (Phi) is 7.86. The van der Waals surface area contributed by atoms with Crippen LogP contribution in [0.4, 0.5) is 13.2 Å². The van der Waals surface area contributed by atoms with Gasteiger partial charge < -0.3 is 20.5 Å². The molecular weight excluding hydrogens is 375 g/mol. The van der Waals surface area contributed by atoms with Gasteiger partial charge in [-0.15, -0.1) is 0 Å². The lowest BCUT2D eigenvalue weighted by Crippen LogP contribution is -2.30. The van der Waals surface area contributed by atoms with Gasteiger partial charge in [0.15, 0.2) is 0 Å². The number of aliphatic hydroxyl groups excluding tert-OH is 1. The summed E-state index contributed by atoms with van der Waals surface area (Å²) in [6, 6.07) is 6.42. The van der Waals surface area contributed by atoms with Crippen LogP contribution in [0.5, 0.6) is 5.75 Å². The summed E-state index contributed by atoms with van der Waals surface area (Å²) in [5, 5.41) is 21.6. The highest BCUT2D eigenvalue weighted by Crippen LogP contribution is 2.30. The number of ether oxygens (including phenoxy) is 1. The SMILES string of the molecule is N=C(C1=C(NCCOc2ccc(C(=O)NCCO)cc2)CCCC1)C(F)(F)F. The molecular formula is C19H24F3N3O3. The average molecular weight is 399 g/mol. The summed E-state index contributed by atoms with van der Waals surface area (Å²) in [5.41, 5.74) is -0.336. The average Bonchev–Trinajstić information content (AvgIpc) is 2.69. The largest absolute Gasteiger partial charge is 0.492 e. The third-order valence-electron chi connectivity index (χ3n) is 4.28. The van der Waals surface area contributed by atoms with Crippen molar-refractivity contribution in [2.24, 2.45) is 0 Å². The van der Waals surface area contributed by atoms with Gasteiger partial charge in [0.25, 0.3) is 5.91 Å². The van der Waals surface area contributed by atoms with Crippen molar-refractivity contribution < 1.29 is 27.8 Å². The highest BCUT2D eigenvalue weighted by molar-refractivity contribution is 6.02. The van der Waals surface area contributed by atoms with Crippen molar-refractivity contribution in [1.82, 2.24) is 10.6 Å². The number of halogens is 3. The Bertz CT molecular complexity index is 715. The normalized spacial score (nSPS) is 14.6. The van der Waals surface area contributed by atoms with E-state index in [9.17, 15) is 18.0 Å². The van der Waals surface area contributed by atoms with E-state index in [2.05, 4.69) is 10.6 Å². The van der Waals surface area contributed by atoms with Gasteiger partial charge in [0.1, 0.15) is 18.1 Å². The molecule has 154 valence electrons. The maximum atomic E-state index is 12.8. The van der Waals surface area contributed by atoms with Crippen molar-refractivity contribution in [2.75, 3.05) is 26.3 Å². The number of hydrogen-bond donors (Lipinski definition) is 4. The van der Waals surface area contributed by atoms with E-state index in [0.29, 0.717) is 36.4 Å². The summed E-state index contributed by atoms with van der Waals surface area (Å²) in [7, 11) is 0. The summed E-state index contributed by atoms with van der Waals surface area (Å²) < 4.78 is 44.0. The first-order valence-electron chi connectivity index (χ1n) is 9.07. The zero-order chi connectivity index (χ0) is 20.6. The molecule has 9 heteroatoms. The molecule has 0 saturated carbocycles. The predicted octanol–water partition coefficient (Wildman–Crippen LogP) is 2.79. The lowest BCUT2D eigenvalue weighted by atomic mass is 9.92. The molecule has 1 aromatic rings. The van der Waals surface area contributed by atoms with E-state index in [0.717, 1.165) is 6.42 Å². The molecule has 0 heterocycles. The van der Waals surface area contributed by atoms with Crippen LogP contribution in [0.15, 0.2) is 35.5 Å². The van der Waals surface area contributed by atoms with Gasteiger partial charge in [-0.05, 0) is 49.9 Å². The van der Waals surface area contributed by atoms with Crippen LogP contribution in [0, 0.1) is 5.41 Å². The van der Waals surface area contributed by atoms with E-state index >= 15 is 0 Å². The zero-order valence-electron chi connectivity index (χ0n) is 15.4. The van der Waals surface area contributed by atoms with Gasteiger partial charge in [-0.2, -0.15) is 13.2 Å². The number of benzene rings is 1. The zero-order valence-corrected chi connectivity index (χ0v) is 15.4. The fourth-order valence-electron chi connectivity index (χ4n) is 2.89. The molecule has 0 fully saturated rings. The third-order valence-corrected chi connectivity index (χ3v) is 4.28. The van der Waals surface area contributed by atoms with Gasteiger partial charge in [0, 0.05) is 29.9 Å². The minimum absolute atomic E-state index is 0.0389. The van der Waals surface area contributed by atoms with Crippen LogP contribution in [-0.2, 0) is 0 Å². The van der Waals surface area contributed by atoms with E-state index in [4.69, 9.17) is 15.3 Å². The number of allylic oxidation sites excluding steroid dienone is 2. The number of amides is 1. The van der Waals surface area contributed by atoms with Gasteiger partial charge in [0.2, 0.25) is 0 Å². The van der Waals surface area contributed by atoms with Crippen LogP contribution >= 0.6 is 0 Å². The molecule has 28 heavy (non-hydrogen) atoms. The smallest absolute Gasteiger partial charge is 0.432 e. The van der Waals surface area contributed by atoms with E-state index in [-0.39, 0.29) is 37.7 Å². The van der Waals surface area contributed by atoms with Gasteiger partial charge >= 0.3 is 6.18 Å². The van der Waals surface area contributed by atoms with Gasteiger partial charge in [-0.1, -0.05) is 0 Å². The summed E-state index contributed by atoms with van der Waals surface area (Å²) in [6.07, 6.45) is -2.46. The summed E-state index contributed by atoms with van der Waals surface area (Å²) in [5.74, 6) is 0.229. The number of aliphatic hydroxyl groups is 1. The molecule has 1 amide bonds. The molecule has 0 aliphatic heterocycles. The second-order valence-corrected chi connectivity index (χ2v) is 6.32. The Morgan fingerprint density at radius 2 is 1.82 bits per heavy atom. The molecule has 1 aliphatic rings. The number of rotatable bonds is 9. The fraction of sp³-hybridized carbons (Fsp3) is 0.474. The Balaban J connectivity index is 1.85. The maximum absolute atomic E-state index is 12.8. The molecule has 0 unspecified atom stereocenters. The monoisotopic (exact) mass is 399 g/mol. The van der Waals surface area contributed by atoms with E-state index < -0.39 is 11.9 Å². The second-order valence-electron chi connectivity index (χ2n) is 6.32. The summed E-state index contributed by atoms with van der Waals surface area (Å²) >= 11 is 0. The molecule has 4 N–H and O–H groups in total. The van der Waals surface area contributed by atoms with Crippen molar-refractivity contribution >= 4 is 11.6 Å². The summed E-state index contributed by atoms with van der Waals surface area (Å²) in [6.45, 7) is 0.571. The fourth-order valence-corrected chi connectivity index (χ4v) is 2.89. The molecule has 0 bridgehead atoms. The lowest BCUT2D eigenvalue weighted by molar-refractivity contribution is -0.0592. The van der Waals surface area contributed by atoms with Crippen molar-refractivity contribution in [3.05, 3.63) is 41.1 Å². The molecule has 1 aromatic carbocycles. The Morgan fingerprint density at radius 1 is 1.14 bits per heavy atom. The third kappa shape index (κ3) is 6.26. The van der Waals surface area contributed by atoms with Crippen LogP contribution in [-0.4, -0.2) is 49.2 Å². The maximum Gasteiger partial charge on any atom is 0.432 e. The number of alkyl halides is 3. The highest BCUT2D eigenvalue weighted by Gasteiger charge is 2.38. The molecule has 0 radical (unpaired) electrons. The molecule has 0 atom stereocenters. The van der Waals surface area contributed by atoms with Crippen LogP contribution in [0.3, 0.4) is 0 Å². The van der Waals surface area contributed by atoms with Gasteiger partial charge in [-0.3, -0.25) is 10.2 Å². The number of carbonyl (C=O) groups excluding carboxylic acids is 1. The molecule has 2 rings (SSSR count). The lowest BCUT2D eigenvalue weighted by Gasteiger charge is -2.23. The van der Waals surface area contributed by atoms with Crippen LogP contribution in [0.25, 0.3) is 0 Å². The first-order chi connectivity index (χ1) is 13.3. The number of carbonyl (C=O) groups is 1. The Labute approximate surface area is 161 Å². The van der Waals surface area contributed by atoms with Crippen molar-refractivity contribution in [3.8, 4) is 5.75 Å². The quantitative estimate of drug-likeness (QED) is 0.379. The Morgan fingerprint density at radius 3 is 2.46 bits per heavy atom. The standard InChI is InChI=1S/C19H24F3N3O3/c20-19(21,22)17(23)15-3-1-2-4-16(15)24-10-12-28-14-7-5-13(6-8-14)18(27)25-9-11-26/h5-8,23-24,26H,1-4,9-12H2,(H,25,27). The van der Waals surface area contributed by atoms with Crippen molar-refractivity contribution in [3.63, 3.8) is 0 Å². The molecule has 0 saturated heterocycles. The Hall–Kier alpha value is -2.55. The first kappa shape index (κ1) is 21.7. The molecule has 0 spiro atoms. The van der Waals surface area contributed by atoms with Crippen LogP contribution < -0.4 is 15.4 Å². The number of hydrogen-bond acceptors (Lipinski definition) is 5. The van der Waals surface area contributed by atoms with Gasteiger partial charge in [-0.25, -0.2) is 0 Å². The van der Waals surface area contributed by atoms with E-state index in [1.807, 2.05) is 0 Å². The topological polar surface area (TPSA) is 94.4 Å². The molecule has 0 aromatic heterocycles. The minimum Gasteiger partial charge on any atom is -0.492 e. The van der Waals surface area contributed by atoms with Crippen molar-refractivity contribution in [2.45, 2.75) is 31.9 Å². The minimum atomic E-state index is -4.64. The number of nitrogens with one attached hydrogen (secondary N) is 3. The van der Waals surface area contributed by atoms with Crippen LogP contribution in [0.1, 0.15) is 36.0 Å². The highest BCUT2D eigenvalue weighted by atomic mass is 19.4. The first-order valence-corrected chi connectivity index (χ1v) is 9.07. The van der Waals surface area contributed by atoms with E-state index in [1.54, 1.807) is 24.3 Å². The molecule has 6 nitrogen and oxygen atoms in total. The van der Waals surface area contributed by atoms with Crippen molar-refractivity contribution in [1.29, 1.82) is 5.41 Å². The van der Waals surface area contributed by atoms with Gasteiger partial charge in [0.05, 0.1) is 6.61 Å². The summed E-state index contributed by atoms with van der Waals surface area (Å²) in [4.78, 5) is 11.7.